The molecule has 0 unspecified atom stereocenters. The van der Waals surface area contributed by atoms with Crippen molar-refractivity contribution in [1.82, 2.24) is 29.8 Å². The highest BCUT2D eigenvalue weighted by Gasteiger charge is 2.26. The van der Waals surface area contributed by atoms with Crippen LogP contribution in [-0.2, 0) is 13.6 Å². The molecule has 0 bridgehead atoms. The van der Waals surface area contributed by atoms with E-state index in [1.807, 2.05) is 73.5 Å². The average molecular weight is 475 g/mol. The fraction of sp³-hybridized carbons (Fsp3) is 0.308. The van der Waals surface area contributed by atoms with Crippen LogP contribution in [0.3, 0.4) is 0 Å². The number of amides is 1. The maximum Gasteiger partial charge on any atom is 0.256 e. The minimum absolute atomic E-state index is 0.00222. The van der Waals surface area contributed by atoms with Crippen LogP contribution in [0.1, 0.15) is 28.0 Å². The standard InChI is InChI=1S/C26H27ClN6O/c1-18-21(25(27)31(2)30-18)17-32-13-8-14-33(16-15-32)26(34)23-20-11-6-7-12-22(20)28-29-24(23)19-9-4-3-5-10-19/h3-7,9-12H,8,13-17H2,1-2H3. The van der Waals surface area contributed by atoms with Gasteiger partial charge in [-0.25, -0.2) is 0 Å². The third-order valence-corrected chi connectivity index (χ3v) is 6.93. The Morgan fingerprint density at radius 1 is 0.971 bits per heavy atom. The van der Waals surface area contributed by atoms with Gasteiger partial charge in [-0.15, -0.1) is 10.2 Å². The van der Waals surface area contributed by atoms with E-state index in [1.165, 1.54) is 0 Å². The number of hydrogen-bond donors (Lipinski definition) is 0. The second-order valence-electron chi connectivity index (χ2n) is 8.71. The van der Waals surface area contributed by atoms with Crippen LogP contribution in [0, 0.1) is 6.92 Å². The highest BCUT2D eigenvalue weighted by atomic mass is 35.5. The first-order valence-corrected chi connectivity index (χ1v) is 11.9. The normalized spacial score (nSPS) is 15.0. The first kappa shape index (κ1) is 22.5. The molecule has 7 nitrogen and oxygen atoms in total. The van der Waals surface area contributed by atoms with Crippen LogP contribution in [0.2, 0.25) is 5.15 Å². The molecule has 5 rings (SSSR count). The second-order valence-corrected chi connectivity index (χ2v) is 9.07. The molecule has 1 saturated heterocycles. The van der Waals surface area contributed by atoms with Crippen LogP contribution < -0.4 is 0 Å². The van der Waals surface area contributed by atoms with Crippen molar-refractivity contribution < 1.29 is 4.79 Å². The lowest BCUT2D eigenvalue weighted by Gasteiger charge is -2.23. The molecule has 4 aromatic rings. The van der Waals surface area contributed by atoms with Crippen molar-refractivity contribution in [3.63, 3.8) is 0 Å². The molecule has 2 aromatic heterocycles. The van der Waals surface area contributed by atoms with Gasteiger partial charge < -0.3 is 4.90 Å². The van der Waals surface area contributed by atoms with Crippen LogP contribution in [0.15, 0.2) is 54.6 Å². The van der Waals surface area contributed by atoms with Gasteiger partial charge in [0.1, 0.15) is 10.8 Å². The number of rotatable bonds is 4. The van der Waals surface area contributed by atoms with Gasteiger partial charge >= 0.3 is 0 Å². The van der Waals surface area contributed by atoms with Gasteiger partial charge in [-0.3, -0.25) is 14.4 Å². The zero-order chi connectivity index (χ0) is 23.7. The Kier molecular flexibility index (Phi) is 6.30. The summed E-state index contributed by atoms with van der Waals surface area (Å²) < 4.78 is 1.71. The Morgan fingerprint density at radius 2 is 1.74 bits per heavy atom. The summed E-state index contributed by atoms with van der Waals surface area (Å²) in [6.07, 6.45) is 0.889. The maximum absolute atomic E-state index is 13.9. The van der Waals surface area contributed by atoms with Crippen molar-refractivity contribution in [1.29, 1.82) is 0 Å². The number of nitrogens with zero attached hydrogens (tertiary/aromatic N) is 6. The summed E-state index contributed by atoms with van der Waals surface area (Å²) in [6, 6.07) is 17.5. The molecule has 0 atom stereocenters. The molecular formula is C26H27ClN6O. The zero-order valence-electron chi connectivity index (χ0n) is 19.4. The largest absolute Gasteiger partial charge is 0.337 e. The van der Waals surface area contributed by atoms with E-state index >= 15 is 0 Å². The van der Waals surface area contributed by atoms with Crippen molar-refractivity contribution in [3.05, 3.63) is 76.6 Å². The van der Waals surface area contributed by atoms with E-state index < -0.39 is 0 Å². The molecule has 1 aliphatic heterocycles. The van der Waals surface area contributed by atoms with E-state index in [0.717, 1.165) is 53.8 Å². The smallest absolute Gasteiger partial charge is 0.256 e. The summed E-state index contributed by atoms with van der Waals surface area (Å²) >= 11 is 6.46. The average Bonchev–Trinajstić information content (AvgIpc) is 3.02. The molecule has 3 heterocycles. The Bertz CT molecular complexity index is 1340. The van der Waals surface area contributed by atoms with Crippen LogP contribution >= 0.6 is 11.6 Å². The Morgan fingerprint density at radius 3 is 2.50 bits per heavy atom. The lowest BCUT2D eigenvalue weighted by molar-refractivity contribution is 0.0763. The molecule has 174 valence electrons. The monoisotopic (exact) mass is 474 g/mol. The molecule has 34 heavy (non-hydrogen) atoms. The number of halogens is 1. The number of aromatic nitrogens is 4. The minimum atomic E-state index is 0.00222. The molecule has 1 aliphatic rings. The lowest BCUT2D eigenvalue weighted by Crippen LogP contribution is -2.35. The first-order chi connectivity index (χ1) is 16.5. The van der Waals surface area contributed by atoms with E-state index in [9.17, 15) is 4.79 Å². The van der Waals surface area contributed by atoms with Crippen molar-refractivity contribution in [2.45, 2.75) is 19.9 Å². The first-order valence-electron chi connectivity index (χ1n) is 11.5. The summed E-state index contributed by atoms with van der Waals surface area (Å²) in [4.78, 5) is 18.2. The Labute approximate surface area is 204 Å². The fourth-order valence-electron chi connectivity index (χ4n) is 4.64. The minimum Gasteiger partial charge on any atom is -0.337 e. The molecule has 0 N–H and O–H groups in total. The van der Waals surface area contributed by atoms with Crippen molar-refractivity contribution in [2.75, 3.05) is 26.2 Å². The van der Waals surface area contributed by atoms with E-state index in [1.54, 1.807) is 4.68 Å². The summed E-state index contributed by atoms with van der Waals surface area (Å²) in [5, 5.41) is 14.8. The number of aryl methyl sites for hydroxylation is 2. The number of hydrogen-bond acceptors (Lipinski definition) is 5. The van der Waals surface area contributed by atoms with Crippen LogP contribution in [-0.4, -0.2) is 61.9 Å². The van der Waals surface area contributed by atoms with Gasteiger partial charge in [0.25, 0.3) is 5.91 Å². The Hall–Kier alpha value is -3.29. The molecule has 0 radical (unpaired) electrons. The number of benzene rings is 2. The number of fused-ring (bicyclic) bond motifs is 1. The topological polar surface area (TPSA) is 67.2 Å². The molecule has 1 fully saturated rings. The van der Waals surface area contributed by atoms with Crippen molar-refractivity contribution >= 4 is 28.4 Å². The number of carbonyl (C=O) groups is 1. The molecular weight excluding hydrogens is 448 g/mol. The molecule has 2 aromatic carbocycles. The SMILES string of the molecule is Cc1nn(C)c(Cl)c1CN1CCCN(C(=O)c2c(-c3ccccc3)nnc3ccccc23)CC1. The zero-order valence-corrected chi connectivity index (χ0v) is 20.2. The highest BCUT2D eigenvalue weighted by molar-refractivity contribution is 6.30. The molecule has 0 aliphatic carbocycles. The predicted molar refractivity (Wildman–Crippen MR) is 134 cm³/mol. The summed E-state index contributed by atoms with van der Waals surface area (Å²) in [5.74, 6) is 0.00222. The molecule has 1 amide bonds. The van der Waals surface area contributed by atoms with E-state index in [-0.39, 0.29) is 5.91 Å². The van der Waals surface area contributed by atoms with Gasteiger partial charge in [-0.05, 0) is 19.4 Å². The predicted octanol–water partition coefficient (Wildman–Crippen LogP) is 4.34. The van der Waals surface area contributed by atoms with Gasteiger partial charge in [0.05, 0.1) is 16.8 Å². The summed E-state index contributed by atoms with van der Waals surface area (Å²) in [6.45, 7) is 5.72. The van der Waals surface area contributed by atoms with E-state index in [0.29, 0.717) is 29.5 Å². The van der Waals surface area contributed by atoms with Gasteiger partial charge in [0, 0.05) is 56.3 Å². The second kappa shape index (κ2) is 9.52. The van der Waals surface area contributed by atoms with E-state index in [4.69, 9.17) is 11.6 Å². The Balaban J connectivity index is 1.43. The molecule has 0 spiro atoms. The lowest BCUT2D eigenvalue weighted by atomic mass is 10.0. The third kappa shape index (κ3) is 4.29. The third-order valence-electron chi connectivity index (χ3n) is 6.46. The summed E-state index contributed by atoms with van der Waals surface area (Å²) in [7, 11) is 1.86. The van der Waals surface area contributed by atoms with Crippen LogP contribution in [0.5, 0.6) is 0 Å². The quantitative estimate of drug-likeness (QED) is 0.440. The maximum atomic E-state index is 13.9. The van der Waals surface area contributed by atoms with Gasteiger partial charge in [0.15, 0.2) is 0 Å². The van der Waals surface area contributed by atoms with Crippen molar-refractivity contribution in [3.8, 4) is 11.3 Å². The van der Waals surface area contributed by atoms with Gasteiger partial charge in [-0.1, -0.05) is 60.1 Å². The summed E-state index contributed by atoms with van der Waals surface area (Å²) in [5.41, 5.74) is 4.87. The van der Waals surface area contributed by atoms with Crippen LogP contribution in [0.4, 0.5) is 0 Å². The fourth-order valence-corrected chi connectivity index (χ4v) is 4.87. The van der Waals surface area contributed by atoms with Crippen molar-refractivity contribution in [2.24, 2.45) is 7.05 Å². The highest BCUT2D eigenvalue weighted by Crippen LogP contribution is 2.29. The number of carbonyl (C=O) groups excluding carboxylic acids is 1. The van der Waals surface area contributed by atoms with Gasteiger partial charge in [0.2, 0.25) is 0 Å². The van der Waals surface area contributed by atoms with Gasteiger partial charge in [-0.2, -0.15) is 5.10 Å². The molecule has 0 saturated carbocycles. The molecule has 8 heteroatoms. The van der Waals surface area contributed by atoms with E-state index in [2.05, 4.69) is 20.2 Å². The van der Waals surface area contributed by atoms with Crippen LogP contribution in [0.25, 0.3) is 22.2 Å².